The molecule has 0 unspecified atom stereocenters. The number of carbonyl (C=O) groups excluding carboxylic acids is 1. The van der Waals surface area contributed by atoms with E-state index in [9.17, 15) is 13.6 Å². The molecule has 0 amide bonds. The van der Waals surface area contributed by atoms with Crippen molar-refractivity contribution in [3.8, 4) is 6.07 Å². The third-order valence-corrected chi connectivity index (χ3v) is 6.71. The fraction of sp³-hybridized carbons (Fsp3) is 0.538. The number of benzene rings is 1. The maximum atomic E-state index is 13.1. The van der Waals surface area contributed by atoms with Gasteiger partial charge in [-0.05, 0) is 99.8 Å². The molecular weight excluding hydrogens is 396 g/mol. The molecule has 0 radical (unpaired) electrons. The van der Waals surface area contributed by atoms with Crippen LogP contribution in [0, 0.1) is 29.0 Å². The average molecular weight is 428 g/mol. The van der Waals surface area contributed by atoms with E-state index in [1.807, 2.05) is 18.2 Å². The van der Waals surface area contributed by atoms with E-state index >= 15 is 0 Å². The first kappa shape index (κ1) is 23.2. The molecule has 1 aromatic carbocycles. The predicted octanol–water partition coefficient (Wildman–Crippen LogP) is 6.91. The molecule has 0 atom stereocenters. The van der Waals surface area contributed by atoms with Crippen molar-refractivity contribution in [2.45, 2.75) is 76.2 Å². The summed E-state index contributed by atoms with van der Waals surface area (Å²) >= 11 is 0. The Balaban J connectivity index is 1.33. The normalized spacial score (nSPS) is 27.1. The van der Waals surface area contributed by atoms with Crippen molar-refractivity contribution < 1.29 is 18.3 Å². The van der Waals surface area contributed by atoms with Gasteiger partial charge in [-0.1, -0.05) is 24.3 Å². The number of esters is 1. The summed E-state index contributed by atoms with van der Waals surface area (Å²) in [5.74, 6) is -0.0360. The summed E-state index contributed by atoms with van der Waals surface area (Å²) in [4.78, 5) is 12.6. The average Bonchev–Trinajstić information content (AvgIpc) is 2.80. The van der Waals surface area contributed by atoms with Crippen LogP contribution in [-0.2, 0) is 9.53 Å². The van der Waals surface area contributed by atoms with Crippen molar-refractivity contribution in [1.29, 1.82) is 5.26 Å². The molecule has 2 aliphatic carbocycles. The van der Waals surface area contributed by atoms with Crippen LogP contribution in [0.1, 0.15) is 75.7 Å². The lowest BCUT2D eigenvalue weighted by molar-refractivity contribution is -0.157. The zero-order valence-corrected chi connectivity index (χ0v) is 17.9. The summed E-state index contributed by atoms with van der Waals surface area (Å²) < 4.78 is 31.6. The van der Waals surface area contributed by atoms with Gasteiger partial charge in [-0.2, -0.15) is 9.65 Å². The molecule has 2 aliphatic rings. The fourth-order valence-electron chi connectivity index (χ4n) is 4.81. The van der Waals surface area contributed by atoms with E-state index in [1.54, 1.807) is 6.08 Å². The molecule has 166 valence electrons. The number of hydrogen-bond donors (Lipinski definition) is 0. The zero-order valence-electron chi connectivity index (χ0n) is 17.9. The Labute approximate surface area is 183 Å². The van der Waals surface area contributed by atoms with Crippen molar-refractivity contribution in [2.75, 3.05) is 0 Å². The summed E-state index contributed by atoms with van der Waals surface area (Å²) in [6.45, 7) is 0. The van der Waals surface area contributed by atoms with Crippen molar-refractivity contribution in [1.82, 2.24) is 0 Å². The zero-order chi connectivity index (χ0) is 22.1. The standard InChI is InChI=1S/C26H31F2NO2/c27-23-14-12-21(13-15-23)20-8-10-22(11-9-20)26(30)31-25-16-6-19(7-17-25)4-2-1-3-5-24(28)18-29/h1,3,5,12-15,19-20,22,25H,2,4,6-11,16-17H2/b3-1+,24-5?/t19?,20-,22-,25?. The highest BCUT2D eigenvalue weighted by Gasteiger charge is 2.31. The largest absolute Gasteiger partial charge is 0.462 e. The van der Waals surface area contributed by atoms with Crippen LogP contribution in [0.3, 0.4) is 0 Å². The molecule has 31 heavy (non-hydrogen) atoms. The first-order chi connectivity index (χ1) is 15.0. The van der Waals surface area contributed by atoms with Crippen molar-refractivity contribution in [2.24, 2.45) is 11.8 Å². The maximum Gasteiger partial charge on any atom is 0.309 e. The number of carbonyl (C=O) groups is 1. The first-order valence-electron chi connectivity index (χ1n) is 11.4. The van der Waals surface area contributed by atoms with Crippen molar-refractivity contribution in [3.63, 3.8) is 0 Å². The lowest BCUT2D eigenvalue weighted by atomic mass is 9.78. The van der Waals surface area contributed by atoms with E-state index in [0.717, 1.165) is 69.8 Å². The number of rotatable bonds is 7. The molecule has 3 rings (SSSR count). The quantitative estimate of drug-likeness (QED) is 0.270. The Morgan fingerprint density at radius 3 is 2.39 bits per heavy atom. The third-order valence-electron chi connectivity index (χ3n) is 6.71. The Morgan fingerprint density at radius 2 is 1.74 bits per heavy atom. The van der Waals surface area contributed by atoms with E-state index in [4.69, 9.17) is 10.00 Å². The summed E-state index contributed by atoms with van der Waals surface area (Å²) in [6.07, 6.45) is 14.1. The minimum atomic E-state index is -0.775. The second-order valence-electron chi connectivity index (χ2n) is 8.81. The highest BCUT2D eigenvalue weighted by atomic mass is 19.1. The van der Waals surface area contributed by atoms with Crippen molar-refractivity contribution >= 4 is 5.97 Å². The number of allylic oxidation sites excluding steroid dienone is 4. The van der Waals surface area contributed by atoms with Gasteiger partial charge in [0, 0.05) is 0 Å². The van der Waals surface area contributed by atoms with Gasteiger partial charge in [0.05, 0.1) is 5.92 Å². The minimum Gasteiger partial charge on any atom is -0.462 e. The van der Waals surface area contributed by atoms with Gasteiger partial charge < -0.3 is 4.74 Å². The van der Waals surface area contributed by atoms with Crippen LogP contribution in [0.25, 0.3) is 0 Å². The molecule has 3 nitrogen and oxygen atoms in total. The highest BCUT2D eigenvalue weighted by molar-refractivity contribution is 5.72. The molecule has 1 aromatic rings. The van der Waals surface area contributed by atoms with E-state index in [0.29, 0.717) is 11.8 Å². The fourth-order valence-corrected chi connectivity index (χ4v) is 4.81. The van der Waals surface area contributed by atoms with E-state index in [2.05, 4.69) is 0 Å². The number of nitriles is 1. The molecule has 0 N–H and O–H groups in total. The molecule has 0 aliphatic heterocycles. The van der Waals surface area contributed by atoms with E-state index < -0.39 is 5.83 Å². The molecule has 5 heteroatoms. The molecule has 0 bridgehead atoms. The van der Waals surface area contributed by atoms with Gasteiger partial charge in [-0.15, -0.1) is 0 Å². The summed E-state index contributed by atoms with van der Waals surface area (Å²) in [6, 6.07) is 8.18. The predicted molar refractivity (Wildman–Crippen MR) is 116 cm³/mol. The van der Waals surface area contributed by atoms with Crippen LogP contribution < -0.4 is 0 Å². The van der Waals surface area contributed by atoms with Crippen LogP contribution >= 0.6 is 0 Å². The van der Waals surface area contributed by atoms with Crippen LogP contribution in [0.5, 0.6) is 0 Å². The topological polar surface area (TPSA) is 50.1 Å². The first-order valence-corrected chi connectivity index (χ1v) is 11.4. The second kappa shape index (κ2) is 11.8. The van der Waals surface area contributed by atoms with Gasteiger partial charge in [0.2, 0.25) is 0 Å². The van der Waals surface area contributed by atoms with Crippen LogP contribution in [0.2, 0.25) is 0 Å². The Hall–Kier alpha value is -2.48. The molecule has 0 aromatic heterocycles. The molecule has 2 saturated carbocycles. The monoisotopic (exact) mass is 427 g/mol. The number of halogens is 2. The summed E-state index contributed by atoms with van der Waals surface area (Å²) in [7, 11) is 0. The molecular formula is C26H31F2NO2. The van der Waals surface area contributed by atoms with Gasteiger partial charge in [-0.3, -0.25) is 4.79 Å². The van der Waals surface area contributed by atoms with Gasteiger partial charge in [0.25, 0.3) is 0 Å². The number of ether oxygens (including phenoxy) is 1. The van der Waals surface area contributed by atoms with E-state index in [-0.39, 0.29) is 23.8 Å². The molecule has 0 spiro atoms. The maximum absolute atomic E-state index is 13.1. The van der Waals surface area contributed by atoms with Crippen LogP contribution in [-0.4, -0.2) is 12.1 Å². The third kappa shape index (κ3) is 7.31. The van der Waals surface area contributed by atoms with Crippen LogP contribution in [0.4, 0.5) is 8.78 Å². The van der Waals surface area contributed by atoms with Gasteiger partial charge in [0.15, 0.2) is 5.83 Å². The molecule has 0 heterocycles. The van der Waals surface area contributed by atoms with Gasteiger partial charge in [0.1, 0.15) is 18.0 Å². The Morgan fingerprint density at radius 1 is 1.06 bits per heavy atom. The Kier molecular flexibility index (Phi) is 8.82. The minimum absolute atomic E-state index is 0.0126. The van der Waals surface area contributed by atoms with E-state index in [1.165, 1.54) is 24.3 Å². The lowest BCUT2D eigenvalue weighted by Crippen LogP contribution is -2.29. The smallest absolute Gasteiger partial charge is 0.309 e. The molecule has 2 fully saturated rings. The number of nitrogens with zero attached hydrogens (tertiary/aromatic N) is 1. The molecule has 0 saturated heterocycles. The summed E-state index contributed by atoms with van der Waals surface area (Å²) in [5, 5.41) is 8.36. The number of hydrogen-bond acceptors (Lipinski definition) is 3. The van der Waals surface area contributed by atoms with Gasteiger partial charge >= 0.3 is 5.97 Å². The van der Waals surface area contributed by atoms with Gasteiger partial charge in [-0.25, -0.2) is 4.39 Å². The highest BCUT2D eigenvalue weighted by Crippen LogP contribution is 2.37. The SMILES string of the molecule is N#CC(F)=C/C=C/CCC1CCC(OC(=O)[C@H]2CC[C@H](c3ccc(F)cc3)CC2)CC1. The van der Waals surface area contributed by atoms with Crippen molar-refractivity contribution in [3.05, 3.63) is 59.7 Å². The van der Waals surface area contributed by atoms with Crippen LogP contribution in [0.15, 0.2) is 48.3 Å². The summed E-state index contributed by atoms with van der Waals surface area (Å²) in [5.41, 5.74) is 1.16. The Bertz CT molecular complexity index is 809. The second-order valence-corrected chi connectivity index (χ2v) is 8.81. The lowest BCUT2D eigenvalue weighted by Gasteiger charge is -2.31.